The van der Waals surface area contributed by atoms with Crippen molar-refractivity contribution in [1.29, 1.82) is 0 Å². The second-order valence-electron chi connectivity index (χ2n) is 6.03. The van der Waals surface area contributed by atoms with E-state index in [0.29, 0.717) is 11.4 Å². The monoisotopic (exact) mass is 349 g/mol. The number of likely N-dealkylation sites (N-methyl/N-ethyl adjacent to an activating group) is 1. The van der Waals surface area contributed by atoms with Gasteiger partial charge in [0.25, 0.3) is 0 Å². The molecule has 0 saturated carbocycles. The van der Waals surface area contributed by atoms with E-state index < -0.39 is 0 Å². The summed E-state index contributed by atoms with van der Waals surface area (Å²) in [6.45, 7) is 0. The van der Waals surface area contributed by atoms with Crippen molar-refractivity contribution in [2.75, 3.05) is 7.05 Å². The van der Waals surface area contributed by atoms with Crippen LogP contribution >= 0.6 is 11.6 Å². The number of amides is 1. The zero-order chi connectivity index (χ0) is 17.6. The average Bonchev–Trinajstić information content (AvgIpc) is 2.65. The second-order valence-corrected chi connectivity index (χ2v) is 6.47. The molecule has 3 heteroatoms. The number of halogens is 1. The Morgan fingerprint density at radius 2 is 1.32 bits per heavy atom. The van der Waals surface area contributed by atoms with E-state index in [9.17, 15) is 4.79 Å². The molecular weight excluding hydrogens is 330 g/mol. The summed E-state index contributed by atoms with van der Waals surface area (Å²) >= 11 is 5.93. The Morgan fingerprint density at radius 1 is 0.840 bits per heavy atom. The summed E-state index contributed by atoms with van der Waals surface area (Å²) < 4.78 is 0. The van der Waals surface area contributed by atoms with Crippen molar-refractivity contribution in [3.63, 3.8) is 0 Å². The van der Waals surface area contributed by atoms with Crippen LogP contribution in [0, 0.1) is 0 Å². The van der Waals surface area contributed by atoms with Gasteiger partial charge in [0.2, 0.25) is 5.91 Å². The minimum absolute atomic E-state index is 0.0695. The third-order valence-corrected chi connectivity index (χ3v) is 4.53. The van der Waals surface area contributed by atoms with Gasteiger partial charge in [-0.15, -0.1) is 0 Å². The molecular formula is C22H20ClNO. The van der Waals surface area contributed by atoms with Crippen LogP contribution in [0.2, 0.25) is 5.02 Å². The number of hydrogen-bond donors (Lipinski definition) is 0. The van der Waals surface area contributed by atoms with E-state index in [0.717, 1.165) is 16.7 Å². The van der Waals surface area contributed by atoms with Gasteiger partial charge < -0.3 is 4.90 Å². The summed E-state index contributed by atoms with van der Waals surface area (Å²) in [6.07, 6.45) is 0.351. The molecule has 0 radical (unpaired) electrons. The molecule has 3 rings (SSSR count). The molecule has 0 spiro atoms. The standard InChI is InChI=1S/C22H20ClNO/c1-24(21(25)16-17-12-14-20(23)15-13-17)22(18-8-4-2-5-9-18)19-10-6-3-7-11-19/h2-15,22H,16H2,1H3. The van der Waals surface area contributed by atoms with Crippen molar-refractivity contribution in [3.05, 3.63) is 107 Å². The van der Waals surface area contributed by atoms with Crippen LogP contribution in [0.15, 0.2) is 84.9 Å². The lowest BCUT2D eigenvalue weighted by atomic mass is 9.97. The van der Waals surface area contributed by atoms with Crippen LogP contribution in [0.5, 0.6) is 0 Å². The molecule has 2 nitrogen and oxygen atoms in total. The van der Waals surface area contributed by atoms with Gasteiger partial charge in [-0.2, -0.15) is 0 Å². The zero-order valence-electron chi connectivity index (χ0n) is 14.1. The minimum atomic E-state index is -0.109. The van der Waals surface area contributed by atoms with Gasteiger partial charge in [0, 0.05) is 12.1 Å². The SMILES string of the molecule is CN(C(=O)Cc1ccc(Cl)cc1)C(c1ccccc1)c1ccccc1. The Kier molecular flexibility index (Phi) is 5.52. The summed E-state index contributed by atoms with van der Waals surface area (Å²) in [4.78, 5) is 14.7. The molecule has 0 unspecified atom stereocenters. The highest BCUT2D eigenvalue weighted by atomic mass is 35.5. The molecule has 0 atom stereocenters. The third-order valence-electron chi connectivity index (χ3n) is 4.28. The number of carbonyl (C=O) groups excluding carboxylic acids is 1. The number of nitrogens with zero attached hydrogens (tertiary/aromatic N) is 1. The fraction of sp³-hybridized carbons (Fsp3) is 0.136. The maximum absolute atomic E-state index is 12.9. The summed E-state index contributed by atoms with van der Waals surface area (Å²) in [7, 11) is 1.86. The van der Waals surface area contributed by atoms with Crippen LogP contribution in [0.3, 0.4) is 0 Å². The third kappa shape index (κ3) is 4.28. The van der Waals surface area contributed by atoms with Gasteiger partial charge in [-0.3, -0.25) is 4.79 Å². The summed E-state index contributed by atoms with van der Waals surface area (Å²) in [5, 5.41) is 0.677. The predicted octanol–water partition coefficient (Wildman–Crippen LogP) is 5.13. The molecule has 0 aromatic heterocycles. The summed E-state index contributed by atoms with van der Waals surface area (Å²) in [6, 6.07) is 27.5. The molecule has 0 aliphatic heterocycles. The van der Waals surface area contributed by atoms with Gasteiger partial charge in [0.05, 0.1) is 12.5 Å². The number of carbonyl (C=O) groups is 1. The molecule has 0 fully saturated rings. The molecule has 126 valence electrons. The van der Waals surface area contributed by atoms with Gasteiger partial charge in [-0.1, -0.05) is 84.4 Å². The van der Waals surface area contributed by atoms with E-state index in [1.54, 1.807) is 0 Å². The zero-order valence-corrected chi connectivity index (χ0v) is 14.9. The first-order valence-corrected chi connectivity index (χ1v) is 8.63. The normalized spacial score (nSPS) is 10.7. The highest BCUT2D eigenvalue weighted by molar-refractivity contribution is 6.30. The van der Waals surface area contributed by atoms with Gasteiger partial charge in [-0.05, 0) is 28.8 Å². The number of hydrogen-bond acceptors (Lipinski definition) is 1. The first kappa shape index (κ1) is 17.2. The van der Waals surface area contributed by atoms with Crippen molar-refractivity contribution in [3.8, 4) is 0 Å². The maximum atomic E-state index is 12.9. The Bertz CT molecular complexity index is 776. The quantitative estimate of drug-likeness (QED) is 0.625. The van der Waals surface area contributed by atoms with Crippen LogP contribution in [0.1, 0.15) is 22.7 Å². The smallest absolute Gasteiger partial charge is 0.227 e. The van der Waals surface area contributed by atoms with Crippen LogP contribution in [-0.2, 0) is 11.2 Å². The van der Waals surface area contributed by atoms with E-state index in [1.807, 2.05) is 72.6 Å². The van der Waals surface area contributed by atoms with E-state index in [-0.39, 0.29) is 11.9 Å². The molecule has 0 aliphatic carbocycles. The van der Waals surface area contributed by atoms with Crippen LogP contribution in [-0.4, -0.2) is 17.9 Å². The van der Waals surface area contributed by atoms with Crippen LogP contribution < -0.4 is 0 Å². The molecule has 3 aromatic rings. The molecule has 0 bridgehead atoms. The summed E-state index contributed by atoms with van der Waals surface area (Å²) in [5.41, 5.74) is 3.16. The Labute approximate surface area is 153 Å². The second kappa shape index (κ2) is 8.00. The lowest BCUT2D eigenvalue weighted by Gasteiger charge is -2.29. The first-order valence-electron chi connectivity index (χ1n) is 8.25. The molecule has 0 saturated heterocycles. The van der Waals surface area contributed by atoms with Crippen LogP contribution in [0.4, 0.5) is 0 Å². The van der Waals surface area contributed by atoms with E-state index >= 15 is 0 Å². The van der Waals surface area contributed by atoms with E-state index in [4.69, 9.17) is 11.6 Å². The Balaban J connectivity index is 1.87. The van der Waals surface area contributed by atoms with Crippen LogP contribution in [0.25, 0.3) is 0 Å². The molecule has 0 heterocycles. The topological polar surface area (TPSA) is 20.3 Å². The van der Waals surface area contributed by atoms with Crippen molar-refractivity contribution in [1.82, 2.24) is 4.90 Å². The Morgan fingerprint density at radius 3 is 1.80 bits per heavy atom. The lowest BCUT2D eigenvalue weighted by molar-refractivity contribution is -0.130. The van der Waals surface area contributed by atoms with Gasteiger partial charge in [0.1, 0.15) is 0 Å². The molecule has 0 aliphatic rings. The fourth-order valence-electron chi connectivity index (χ4n) is 2.96. The van der Waals surface area contributed by atoms with Gasteiger partial charge in [0.15, 0.2) is 0 Å². The van der Waals surface area contributed by atoms with Crippen molar-refractivity contribution in [2.45, 2.75) is 12.5 Å². The molecule has 25 heavy (non-hydrogen) atoms. The van der Waals surface area contributed by atoms with Crippen molar-refractivity contribution < 1.29 is 4.79 Å². The molecule has 1 amide bonds. The Hall–Kier alpha value is -2.58. The molecule has 0 N–H and O–H groups in total. The number of rotatable bonds is 5. The number of benzene rings is 3. The van der Waals surface area contributed by atoms with Gasteiger partial charge in [-0.25, -0.2) is 0 Å². The highest BCUT2D eigenvalue weighted by Gasteiger charge is 2.23. The van der Waals surface area contributed by atoms with Gasteiger partial charge >= 0.3 is 0 Å². The van der Waals surface area contributed by atoms with Crippen molar-refractivity contribution >= 4 is 17.5 Å². The molecule has 3 aromatic carbocycles. The van der Waals surface area contributed by atoms with Crippen molar-refractivity contribution in [2.24, 2.45) is 0 Å². The minimum Gasteiger partial charge on any atom is -0.334 e. The van der Waals surface area contributed by atoms with E-state index in [1.165, 1.54) is 0 Å². The lowest BCUT2D eigenvalue weighted by Crippen LogP contribution is -2.33. The maximum Gasteiger partial charge on any atom is 0.227 e. The fourth-order valence-corrected chi connectivity index (χ4v) is 3.08. The van der Waals surface area contributed by atoms with E-state index in [2.05, 4.69) is 24.3 Å². The largest absolute Gasteiger partial charge is 0.334 e. The highest BCUT2D eigenvalue weighted by Crippen LogP contribution is 2.28. The predicted molar refractivity (Wildman–Crippen MR) is 103 cm³/mol. The average molecular weight is 350 g/mol. The first-order chi connectivity index (χ1) is 12.1. The summed E-state index contributed by atoms with van der Waals surface area (Å²) in [5.74, 6) is 0.0695.